The molecule has 1 aliphatic carbocycles. The largest absolute Gasteiger partial charge is 0.309 e. The molecule has 1 aromatic carbocycles. The summed E-state index contributed by atoms with van der Waals surface area (Å²) >= 11 is 0. The van der Waals surface area contributed by atoms with Crippen molar-refractivity contribution in [1.29, 1.82) is 0 Å². The number of rotatable bonds is 3. The number of nitrogens with one attached hydrogen (secondary N) is 1. The second-order valence-corrected chi connectivity index (χ2v) is 4.18. The fraction of sp³-hybridized carbons (Fsp3) is 0.429. The number of hydrogen-bond donors (Lipinski definition) is 1. The minimum absolute atomic E-state index is 0.439. The Bertz CT molecular complexity index is 336. The maximum atomic E-state index is 5.50. The van der Waals surface area contributed by atoms with Gasteiger partial charge in [0, 0.05) is 18.5 Å². The van der Waals surface area contributed by atoms with Crippen molar-refractivity contribution in [1.82, 2.24) is 5.32 Å². The molecule has 0 aromatic heterocycles. The highest BCUT2D eigenvalue weighted by atomic mass is 14.9. The third-order valence-corrected chi connectivity index (χ3v) is 3.14. The van der Waals surface area contributed by atoms with Crippen LogP contribution in [0.15, 0.2) is 30.3 Å². The number of hydrogen-bond acceptors (Lipinski definition) is 1. The quantitative estimate of drug-likeness (QED) is 0.738. The van der Waals surface area contributed by atoms with E-state index in [1.165, 1.54) is 24.8 Å². The summed E-state index contributed by atoms with van der Waals surface area (Å²) < 4.78 is 0. The first-order chi connectivity index (χ1) is 7.40. The van der Waals surface area contributed by atoms with Crippen LogP contribution in [0, 0.1) is 18.3 Å². The fourth-order valence-electron chi connectivity index (χ4n) is 2.25. The molecule has 0 amide bonds. The summed E-state index contributed by atoms with van der Waals surface area (Å²) in [5.41, 5.74) is 1.33. The Morgan fingerprint density at radius 1 is 1.27 bits per heavy atom. The van der Waals surface area contributed by atoms with Gasteiger partial charge >= 0.3 is 0 Å². The van der Waals surface area contributed by atoms with Crippen molar-refractivity contribution in [3.63, 3.8) is 0 Å². The molecule has 0 aliphatic heterocycles. The van der Waals surface area contributed by atoms with E-state index in [0.717, 1.165) is 6.54 Å². The summed E-state index contributed by atoms with van der Waals surface area (Å²) in [6.07, 6.45) is 9.18. The summed E-state index contributed by atoms with van der Waals surface area (Å²) in [6.45, 7) is 0.934. The molecule has 0 saturated heterocycles. The van der Waals surface area contributed by atoms with Gasteiger partial charge in [-0.05, 0) is 18.4 Å². The lowest BCUT2D eigenvalue weighted by Crippen LogP contribution is -2.31. The molecule has 0 spiro atoms. The number of terminal acetylenes is 1. The van der Waals surface area contributed by atoms with Gasteiger partial charge in [0.25, 0.3) is 0 Å². The molecule has 0 radical (unpaired) electrons. The van der Waals surface area contributed by atoms with Gasteiger partial charge in [-0.1, -0.05) is 36.8 Å². The zero-order valence-electron chi connectivity index (χ0n) is 8.95. The normalized spacial score (nSPS) is 25.0. The van der Waals surface area contributed by atoms with Crippen LogP contribution in [0.5, 0.6) is 0 Å². The van der Waals surface area contributed by atoms with E-state index >= 15 is 0 Å². The van der Waals surface area contributed by atoms with Crippen molar-refractivity contribution in [3.8, 4) is 12.3 Å². The van der Waals surface area contributed by atoms with Gasteiger partial charge in [-0.25, -0.2) is 0 Å². The van der Waals surface area contributed by atoms with E-state index in [0.29, 0.717) is 12.0 Å². The molecule has 0 heterocycles. The van der Waals surface area contributed by atoms with Gasteiger partial charge in [0.05, 0.1) is 0 Å². The van der Waals surface area contributed by atoms with Crippen LogP contribution in [0.4, 0.5) is 0 Å². The average Bonchev–Trinajstić information content (AvgIpc) is 2.75. The highest BCUT2D eigenvalue weighted by Gasteiger charge is 2.24. The molecule has 1 nitrogen and oxygen atoms in total. The van der Waals surface area contributed by atoms with Crippen LogP contribution in [0.2, 0.25) is 0 Å². The first kappa shape index (κ1) is 10.3. The van der Waals surface area contributed by atoms with Crippen LogP contribution in [0.3, 0.4) is 0 Å². The molecule has 1 heteroatoms. The van der Waals surface area contributed by atoms with Crippen molar-refractivity contribution in [2.75, 3.05) is 0 Å². The Kier molecular flexibility index (Phi) is 3.42. The lowest BCUT2D eigenvalue weighted by Gasteiger charge is -2.16. The maximum Gasteiger partial charge on any atom is 0.0353 e. The standard InChI is InChI=1S/C14H17N/c1-2-13-9-6-10-14(13)15-11-12-7-4-3-5-8-12/h1,3-5,7-8,13-15H,6,9-11H2/t13-,14+/m1/s1. The molecule has 2 rings (SSSR count). The van der Waals surface area contributed by atoms with Crippen LogP contribution in [-0.2, 0) is 6.54 Å². The first-order valence-corrected chi connectivity index (χ1v) is 5.63. The van der Waals surface area contributed by atoms with Crippen molar-refractivity contribution >= 4 is 0 Å². The fourth-order valence-corrected chi connectivity index (χ4v) is 2.25. The Morgan fingerprint density at radius 3 is 2.80 bits per heavy atom. The SMILES string of the molecule is C#C[C@@H]1CCC[C@@H]1NCc1ccccc1. The van der Waals surface area contributed by atoms with Gasteiger partial charge in [0.1, 0.15) is 0 Å². The van der Waals surface area contributed by atoms with Crippen LogP contribution < -0.4 is 5.32 Å². The van der Waals surface area contributed by atoms with E-state index in [-0.39, 0.29) is 0 Å². The predicted octanol–water partition coefficient (Wildman–Crippen LogP) is 2.58. The molecule has 0 bridgehead atoms. The Labute approximate surface area is 91.9 Å². The van der Waals surface area contributed by atoms with Crippen LogP contribution in [-0.4, -0.2) is 6.04 Å². The summed E-state index contributed by atoms with van der Waals surface area (Å²) in [5, 5.41) is 3.56. The van der Waals surface area contributed by atoms with Crippen LogP contribution in [0.25, 0.3) is 0 Å². The lowest BCUT2D eigenvalue weighted by atomic mass is 10.0. The molecule has 1 aliphatic rings. The third-order valence-electron chi connectivity index (χ3n) is 3.14. The Morgan fingerprint density at radius 2 is 2.07 bits per heavy atom. The smallest absolute Gasteiger partial charge is 0.0353 e. The molecule has 1 fully saturated rings. The Hall–Kier alpha value is -1.26. The van der Waals surface area contributed by atoms with Crippen LogP contribution in [0.1, 0.15) is 24.8 Å². The molecule has 78 valence electrons. The molecular weight excluding hydrogens is 182 g/mol. The van der Waals surface area contributed by atoms with E-state index in [1.54, 1.807) is 0 Å². The van der Waals surface area contributed by atoms with Crippen molar-refractivity contribution in [3.05, 3.63) is 35.9 Å². The molecular formula is C14H17N. The zero-order chi connectivity index (χ0) is 10.5. The van der Waals surface area contributed by atoms with E-state index in [2.05, 4.69) is 35.5 Å². The van der Waals surface area contributed by atoms with Crippen molar-refractivity contribution < 1.29 is 0 Å². The topological polar surface area (TPSA) is 12.0 Å². The van der Waals surface area contributed by atoms with Gasteiger partial charge in [0.2, 0.25) is 0 Å². The van der Waals surface area contributed by atoms with Gasteiger partial charge in [-0.15, -0.1) is 12.3 Å². The van der Waals surface area contributed by atoms with Crippen molar-refractivity contribution in [2.45, 2.75) is 31.8 Å². The van der Waals surface area contributed by atoms with Gasteiger partial charge in [-0.2, -0.15) is 0 Å². The predicted molar refractivity (Wildman–Crippen MR) is 63.2 cm³/mol. The lowest BCUT2D eigenvalue weighted by molar-refractivity contribution is 0.468. The second kappa shape index (κ2) is 5.00. The molecule has 0 unspecified atom stereocenters. The summed E-state index contributed by atoms with van der Waals surface area (Å²) in [5.74, 6) is 3.33. The first-order valence-electron chi connectivity index (χ1n) is 5.63. The third kappa shape index (κ3) is 2.61. The van der Waals surface area contributed by atoms with Gasteiger partial charge < -0.3 is 5.32 Å². The van der Waals surface area contributed by atoms with E-state index in [9.17, 15) is 0 Å². The second-order valence-electron chi connectivity index (χ2n) is 4.18. The maximum absolute atomic E-state index is 5.50. The molecule has 1 saturated carbocycles. The van der Waals surface area contributed by atoms with E-state index in [4.69, 9.17) is 6.42 Å². The van der Waals surface area contributed by atoms with Gasteiger partial charge in [-0.3, -0.25) is 0 Å². The minimum atomic E-state index is 0.439. The molecule has 15 heavy (non-hydrogen) atoms. The number of benzene rings is 1. The average molecular weight is 199 g/mol. The monoisotopic (exact) mass is 199 g/mol. The highest BCUT2D eigenvalue weighted by Crippen LogP contribution is 2.24. The summed E-state index contributed by atoms with van der Waals surface area (Å²) in [4.78, 5) is 0. The molecule has 1 N–H and O–H groups in total. The molecule has 1 aromatic rings. The summed E-state index contributed by atoms with van der Waals surface area (Å²) in [6, 6.07) is 11.0. The zero-order valence-corrected chi connectivity index (χ0v) is 8.95. The highest BCUT2D eigenvalue weighted by molar-refractivity contribution is 5.14. The van der Waals surface area contributed by atoms with Crippen molar-refractivity contribution in [2.24, 2.45) is 5.92 Å². The minimum Gasteiger partial charge on any atom is -0.309 e. The molecule has 2 atom stereocenters. The van der Waals surface area contributed by atoms with E-state index in [1.807, 2.05) is 6.07 Å². The van der Waals surface area contributed by atoms with Crippen LogP contribution >= 0.6 is 0 Å². The Balaban J connectivity index is 1.86. The van der Waals surface area contributed by atoms with E-state index < -0.39 is 0 Å². The summed E-state index contributed by atoms with van der Waals surface area (Å²) in [7, 11) is 0. The van der Waals surface area contributed by atoms with Gasteiger partial charge in [0.15, 0.2) is 0 Å².